The Morgan fingerprint density at radius 1 is 1.06 bits per heavy atom. The number of esters is 1. The van der Waals surface area contributed by atoms with Gasteiger partial charge in [0, 0.05) is 24.2 Å². The van der Waals surface area contributed by atoms with Crippen molar-refractivity contribution in [3.8, 4) is 0 Å². The Morgan fingerprint density at radius 2 is 1.72 bits per heavy atom. The number of rotatable bonds is 5. The van der Waals surface area contributed by atoms with Crippen molar-refractivity contribution in [3.05, 3.63) is 64.4 Å². The fraction of sp³-hybridized carbons (Fsp3) is 0.333. The van der Waals surface area contributed by atoms with Crippen LogP contribution in [-0.4, -0.2) is 41.9 Å². The lowest BCUT2D eigenvalue weighted by molar-refractivity contribution is -0.117. The van der Waals surface area contributed by atoms with Gasteiger partial charge in [0.05, 0.1) is 18.1 Å². The molecule has 1 aliphatic heterocycles. The van der Waals surface area contributed by atoms with Crippen LogP contribution in [0.5, 0.6) is 0 Å². The van der Waals surface area contributed by atoms with Crippen molar-refractivity contribution in [2.75, 3.05) is 30.4 Å². The molecule has 0 atom stereocenters. The normalized spacial score (nSPS) is 14.4. The van der Waals surface area contributed by atoms with E-state index in [1.807, 2.05) is 18.2 Å². The smallest absolute Gasteiger partial charge is 0.337 e. The van der Waals surface area contributed by atoms with E-state index in [0.717, 1.165) is 37.1 Å². The van der Waals surface area contributed by atoms with Gasteiger partial charge in [0.2, 0.25) is 5.91 Å². The first kappa shape index (κ1) is 21.5. The number of aromatic nitrogens is 2. The first-order valence-electron chi connectivity index (χ1n) is 10.7. The van der Waals surface area contributed by atoms with E-state index in [4.69, 9.17) is 0 Å². The number of carbonyl (C=O) groups is 2. The minimum Gasteiger partial charge on any atom is -0.465 e. The topological polar surface area (TPSA) is 93.5 Å². The molecule has 1 aromatic heterocycles. The molecule has 0 radical (unpaired) electrons. The monoisotopic (exact) mass is 434 g/mol. The minimum absolute atomic E-state index is 0.209. The lowest BCUT2D eigenvalue weighted by Crippen LogP contribution is -2.37. The minimum atomic E-state index is -0.450. The number of nitrogens with one attached hydrogen (secondary N) is 1. The van der Waals surface area contributed by atoms with Gasteiger partial charge < -0.3 is 15.0 Å². The summed E-state index contributed by atoms with van der Waals surface area (Å²) in [5.41, 5.74) is 0.603. The summed E-state index contributed by atoms with van der Waals surface area (Å²) in [6, 6.07) is 13.8. The largest absolute Gasteiger partial charge is 0.465 e. The van der Waals surface area contributed by atoms with Gasteiger partial charge in [0.25, 0.3) is 5.56 Å². The second kappa shape index (κ2) is 9.21. The predicted octanol–water partition coefficient (Wildman–Crippen LogP) is 3.06. The molecule has 2 heterocycles. The molecule has 0 aliphatic carbocycles. The summed E-state index contributed by atoms with van der Waals surface area (Å²) in [7, 11) is 1.31. The number of amides is 1. The summed E-state index contributed by atoms with van der Waals surface area (Å²) in [5.74, 6) is 0.579. The van der Waals surface area contributed by atoms with Gasteiger partial charge in [0.15, 0.2) is 5.82 Å². The molecular formula is C24H26N4O4. The van der Waals surface area contributed by atoms with E-state index >= 15 is 0 Å². The van der Waals surface area contributed by atoms with Crippen LogP contribution in [0, 0.1) is 5.92 Å². The molecule has 4 rings (SSSR count). The Labute approximate surface area is 185 Å². The molecule has 0 bridgehead atoms. The molecule has 32 heavy (non-hydrogen) atoms. The van der Waals surface area contributed by atoms with Crippen molar-refractivity contribution in [1.82, 2.24) is 9.78 Å². The van der Waals surface area contributed by atoms with Gasteiger partial charge in [-0.1, -0.05) is 25.1 Å². The lowest BCUT2D eigenvalue weighted by atomic mass is 9.99. The quantitative estimate of drug-likeness (QED) is 0.621. The van der Waals surface area contributed by atoms with Crippen molar-refractivity contribution in [2.24, 2.45) is 5.92 Å². The summed E-state index contributed by atoms with van der Waals surface area (Å²) in [4.78, 5) is 39.4. The standard InChI is InChI=1S/C24H26N4O4/c1-16-11-13-27(14-12-16)22-19-5-3-4-6-20(19)23(30)28(26-22)15-21(29)25-18-9-7-17(8-10-18)24(31)32-2/h3-10,16H,11-15H2,1-2H3,(H,25,29). The molecule has 8 heteroatoms. The van der Waals surface area contributed by atoms with Crippen LogP contribution >= 0.6 is 0 Å². The molecule has 1 amide bonds. The molecule has 2 aromatic carbocycles. The molecule has 0 saturated carbocycles. The third-order valence-corrected chi connectivity index (χ3v) is 5.81. The summed E-state index contributed by atoms with van der Waals surface area (Å²) in [6.07, 6.45) is 2.13. The van der Waals surface area contributed by atoms with Crippen LogP contribution in [0.15, 0.2) is 53.3 Å². The zero-order chi connectivity index (χ0) is 22.7. The highest BCUT2D eigenvalue weighted by atomic mass is 16.5. The summed E-state index contributed by atoms with van der Waals surface area (Å²) in [5, 5.41) is 8.69. The predicted molar refractivity (Wildman–Crippen MR) is 123 cm³/mol. The fourth-order valence-corrected chi connectivity index (χ4v) is 3.92. The number of nitrogens with zero attached hydrogens (tertiary/aromatic N) is 3. The van der Waals surface area contributed by atoms with Gasteiger partial charge >= 0.3 is 5.97 Å². The second-order valence-electron chi connectivity index (χ2n) is 8.12. The molecule has 166 valence electrons. The molecule has 1 aliphatic rings. The highest BCUT2D eigenvalue weighted by Gasteiger charge is 2.21. The van der Waals surface area contributed by atoms with Gasteiger partial charge in [-0.3, -0.25) is 9.59 Å². The van der Waals surface area contributed by atoms with E-state index < -0.39 is 5.97 Å². The van der Waals surface area contributed by atoms with Crippen LogP contribution in [0.1, 0.15) is 30.1 Å². The van der Waals surface area contributed by atoms with E-state index in [1.165, 1.54) is 11.8 Å². The van der Waals surface area contributed by atoms with Crippen LogP contribution in [-0.2, 0) is 16.1 Å². The van der Waals surface area contributed by atoms with Gasteiger partial charge in [-0.25, -0.2) is 9.48 Å². The van der Waals surface area contributed by atoms with Crippen LogP contribution in [0.25, 0.3) is 10.8 Å². The Morgan fingerprint density at radius 3 is 2.38 bits per heavy atom. The van der Waals surface area contributed by atoms with Crippen molar-refractivity contribution in [1.29, 1.82) is 0 Å². The third-order valence-electron chi connectivity index (χ3n) is 5.81. The highest BCUT2D eigenvalue weighted by Crippen LogP contribution is 2.26. The fourth-order valence-electron chi connectivity index (χ4n) is 3.92. The van der Waals surface area contributed by atoms with E-state index in [-0.39, 0.29) is 18.0 Å². The average Bonchev–Trinajstić information content (AvgIpc) is 2.81. The van der Waals surface area contributed by atoms with E-state index in [9.17, 15) is 14.4 Å². The number of carbonyl (C=O) groups excluding carboxylic acids is 2. The Kier molecular flexibility index (Phi) is 6.20. The summed E-state index contributed by atoms with van der Waals surface area (Å²) < 4.78 is 5.90. The Balaban J connectivity index is 1.58. The highest BCUT2D eigenvalue weighted by molar-refractivity contribution is 5.94. The molecule has 0 unspecified atom stereocenters. The molecule has 1 saturated heterocycles. The van der Waals surface area contributed by atoms with Gasteiger partial charge in [-0.05, 0) is 49.1 Å². The molecule has 3 aromatic rings. The number of benzene rings is 2. The van der Waals surface area contributed by atoms with E-state index in [1.54, 1.807) is 30.3 Å². The van der Waals surface area contributed by atoms with Crippen molar-refractivity contribution >= 4 is 34.2 Å². The number of ether oxygens (including phenoxy) is 1. The zero-order valence-corrected chi connectivity index (χ0v) is 18.2. The van der Waals surface area contributed by atoms with E-state index in [2.05, 4.69) is 27.0 Å². The number of fused-ring (bicyclic) bond motifs is 1. The first-order valence-corrected chi connectivity index (χ1v) is 10.7. The molecule has 1 N–H and O–H groups in total. The number of hydrogen-bond acceptors (Lipinski definition) is 6. The first-order chi connectivity index (χ1) is 15.5. The molecule has 8 nitrogen and oxygen atoms in total. The number of anilines is 2. The van der Waals surface area contributed by atoms with Gasteiger partial charge in [0.1, 0.15) is 6.54 Å². The zero-order valence-electron chi connectivity index (χ0n) is 18.2. The maximum atomic E-state index is 13.0. The van der Waals surface area contributed by atoms with Crippen molar-refractivity contribution in [2.45, 2.75) is 26.3 Å². The van der Waals surface area contributed by atoms with Gasteiger partial charge in [-0.2, -0.15) is 5.10 Å². The molecular weight excluding hydrogens is 408 g/mol. The second-order valence-corrected chi connectivity index (χ2v) is 8.12. The summed E-state index contributed by atoms with van der Waals surface area (Å²) >= 11 is 0. The number of methoxy groups -OCH3 is 1. The maximum Gasteiger partial charge on any atom is 0.337 e. The summed E-state index contributed by atoms with van der Waals surface area (Å²) in [6.45, 7) is 3.77. The van der Waals surface area contributed by atoms with Crippen LogP contribution < -0.4 is 15.8 Å². The molecule has 0 spiro atoms. The van der Waals surface area contributed by atoms with Crippen molar-refractivity contribution < 1.29 is 14.3 Å². The SMILES string of the molecule is COC(=O)c1ccc(NC(=O)Cn2nc(N3CCC(C)CC3)c3ccccc3c2=O)cc1. The third kappa shape index (κ3) is 4.49. The van der Waals surface area contributed by atoms with Gasteiger partial charge in [-0.15, -0.1) is 0 Å². The average molecular weight is 434 g/mol. The van der Waals surface area contributed by atoms with Crippen LogP contribution in [0.2, 0.25) is 0 Å². The lowest BCUT2D eigenvalue weighted by Gasteiger charge is -2.32. The number of piperidine rings is 1. The van der Waals surface area contributed by atoms with Crippen molar-refractivity contribution in [3.63, 3.8) is 0 Å². The van der Waals surface area contributed by atoms with Crippen LogP contribution in [0.3, 0.4) is 0 Å². The maximum absolute atomic E-state index is 13.0. The Bertz CT molecular complexity index is 1190. The van der Waals surface area contributed by atoms with E-state index in [0.29, 0.717) is 22.6 Å². The van der Waals surface area contributed by atoms with Crippen LogP contribution in [0.4, 0.5) is 11.5 Å². The number of hydrogen-bond donors (Lipinski definition) is 1. The Hall–Kier alpha value is -3.68. The molecule has 1 fully saturated rings.